The molecule has 1 amide bonds. The Labute approximate surface area is 137 Å². The van der Waals surface area contributed by atoms with Crippen molar-refractivity contribution >= 4 is 11.7 Å². The third-order valence-corrected chi connectivity index (χ3v) is 4.45. The quantitative estimate of drug-likeness (QED) is 0.928. The van der Waals surface area contributed by atoms with Crippen LogP contribution in [0.2, 0.25) is 0 Å². The van der Waals surface area contributed by atoms with Crippen LogP contribution in [0, 0.1) is 5.92 Å². The Hall–Kier alpha value is -2.10. The number of carbonyl (C=O) groups is 1. The molecule has 23 heavy (non-hydrogen) atoms. The number of hydrogen-bond donors (Lipinski definition) is 1. The van der Waals surface area contributed by atoms with Crippen LogP contribution >= 0.6 is 0 Å². The SMILES string of the molecule is CC(C)(C)c1cc(NC(=O)C2CCC2)n(Cc2ccccc2)n1. The topological polar surface area (TPSA) is 46.9 Å². The second-order valence-corrected chi connectivity index (χ2v) is 7.43. The molecule has 3 rings (SSSR count). The summed E-state index contributed by atoms with van der Waals surface area (Å²) in [7, 11) is 0. The Bertz CT molecular complexity index is 678. The summed E-state index contributed by atoms with van der Waals surface area (Å²) in [5.74, 6) is 1.11. The van der Waals surface area contributed by atoms with Gasteiger partial charge in [0, 0.05) is 17.4 Å². The third-order valence-electron chi connectivity index (χ3n) is 4.45. The molecule has 1 aliphatic rings. The van der Waals surface area contributed by atoms with Crippen LogP contribution in [0.5, 0.6) is 0 Å². The monoisotopic (exact) mass is 311 g/mol. The fourth-order valence-corrected chi connectivity index (χ4v) is 2.66. The first-order valence-electron chi connectivity index (χ1n) is 8.36. The van der Waals surface area contributed by atoms with Crippen molar-refractivity contribution in [1.82, 2.24) is 9.78 Å². The van der Waals surface area contributed by atoms with Gasteiger partial charge in [-0.15, -0.1) is 0 Å². The molecule has 1 saturated carbocycles. The Kier molecular flexibility index (Phi) is 4.24. The number of anilines is 1. The van der Waals surface area contributed by atoms with Crippen LogP contribution in [0.25, 0.3) is 0 Å². The van der Waals surface area contributed by atoms with E-state index in [1.807, 2.05) is 28.9 Å². The molecule has 2 aromatic rings. The van der Waals surface area contributed by atoms with E-state index >= 15 is 0 Å². The van der Waals surface area contributed by atoms with Crippen LogP contribution < -0.4 is 5.32 Å². The molecular weight excluding hydrogens is 286 g/mol. The number of rotatable bonds is 4. The summed E-state index contributed by atoms with van der Waals surface area (Å²) >= 11 is 0. The minimum atomic E-state index is -0.0438. The number of benzene rings is 1. The van der Waals surface area contributed by atoms with Gasteiger partial charge in [0.1, 0.15) is 5.82 Å². The second kappa shape index (κ2) is 6.19. The molecule has 4 heteroatoms. The molecule has 1 heterocycles. The fraction of sp³-hybridized carbons (Fsp3) is 0.474. The molecule has 0 spiro atoms. The Morgan fingerprint density at radius 3 is 2.52 bits per heavy atom. The molecule has 0 unspecified atom stereocenters. The lowest BCUT2D eigenvalue weighted by Gasteiger charge is -2.24. The van der Waals surface area contributed by atoms with Gasteiger partial charge in [0.2, 0.25) is 5.91 Å². The van der Waals surface area contributed by atoms with Gasteiger partial charge in [-0.05, 0) is 18.4 Å². The first kappa shape index (κ1) is 15.8. The van der Waals surface area contributed by atoms with Gasteiger partial charge < -0.3 is 5.32 Å². The third kappa shape index (κ3) is 3.63. The second-order valence-electron chi connectivity index (χ2n) is 7.43. The zero-order chi connectivity index (χ0) is 16.4. The summed E-state index contributed by atoms with van der Waals surface area (Å²) in [6.45, 7) is 7.08. The van der Waals surface area contributed by atoms with E-state index in [2.05, 4.69) is 38.2 Å². The molecule has 0 radical (unpaired) electrons. The molecule has 1 aromatic heterocycles. The summed E-state index contributed by atoms with van der Waals surface area (Å²) in [6.07, 6.45) is 3.17. The van der Waals surface area contributed by atoms with Crippen LogP contribution in [-0.4, -0.2) is 15.7 Å². The van der Waals surface area contributed by atoms with Crippen molar-refractivity contribution < 1.29 is 4.79 Å². The molecule has 0 saturated heterocycles. The van der Waals surface area contributed by atoms with Crippen molar-refractivity contribution in [3.05, 3.63) is 47.7 Å². The van der Waals surface area contributed by atoms with E-state index in [0.717, 1.165) is 30.8 Å². The van der Waals surface area contributed by atoms with Crippen molar-refractivity contribution in [2.24, 2.45) is 5.92 Å². The number of hydrogen-bond acceptors (Lipinski definition) is 2. The van der Waals surface area contributed by atoms with Gasteiger partial charge in [0.25, 0.3) is 0 Å². The van der Waals surface area contributed by atoms with E-state index in [0.29, 0.717) is 6.54 Å². The minimum absolute atomic E-state index is 0.0438. The van der Waals surface area contributed by atoms with E-state index in [9.17, 15) is 4.79 Å². The van der Waals surface area contributed by atoms with Gasteiger partial charge >= 0.3 is 0 Å². The zero-order valence-corrected chi connectivity index (χ0v) is 14.2. The summed E-state index contributed by atoms with van der Waals surface area (Å²) in [6, 6.07) is 12.2. The van der Waals surface area contributed by atoms with Crippen molar-refractivity contribution in [3.8, 4) is 0 Å². The van der Waals surface area contributed by atoms with Gasteiger partial charge in [-0.3, -0.25) is 4.79 Å². The fourth-order valence-electron chi connectivity index (χ4n) is 2.66. The van der Waals surface area contributed by atoms with Crippen LogP contribution in [0.3, 0.4) is 0 Å². The summed E-state index contributed by atoms with van der Waals surface area (Å²) < 4.78 is 1.91. The van der Waals surface area contributed by atoms with Gasteiger partial charge in [-0.1, -0.05) is 57.5 Å². The zero-order valence-electron chi connectivity index (χ0n) is 14.2. The Morgan fingerprint density at radius 1 is 1.26 bits per heavy atom. The predicted octanol–water partition coefficient (Wildman–Crippen LogP) is 3.97. The Morgan fingerprint density at radius 2 is 1.96 bits per heavy atom. The standard InChI is InChI=1S/C19H25N3O/c1-19(2,3)16-12-17(20-18(23)15-10-7-11-15)22(21-16)13-14-8-5-4-6-9-14/h4-6,8-9,12,15H,7,10-11,13H2,1-3H3,(H,20,23). The maximum absolute atomic E-state index is 12.3. The van der Waals surface area contributed by atoms with Crippen LogP contribution in [0.1, 0.15) is 51.3 Å². The van der Waals surface area contributed by atoms with Gasteiger partial charge in [-0.25, -0.2) is 4.68 Å². The molecule has 0 aliphatic heterocycles. The highest BCUT2D eigenvalue weighted by Gasteiger charge is 2.27. The molecular formula is C19H25N3O. The number of nitrogens with one attached hydrogen (secondary N) is 1. The molecule has 1 N–H and O–H groups in total. The first-order chi connectivity index (χ1) is 10.9. The molecule has 1 aromatic carbocycles. The maximum Gasteiger partial charge on any atom is 0.228 e. The largest absolute Gasteiger partial charge is 0.311 e. The highest BCUT2D eigenvalue weighted by molar-refractivity contribution is 5.92. The number of nitrogens with zero attached hydrogens (tertiary/aromatic N) is 2. The summed E-state index contributed by atoms with van der Waals surface area (Å²) in [5.41, 5.74) is 2.13. The lowest BCUT2D eigenvalue weighted by molar-refractivity contribution is -0.122. The van der Waals surface area contributed by atoms with Gasteiger partial charge in [0.15, 0.2) is 0 Å². The van der Waals surface area contributed by atoms with E-state index < -0.39 is 0 Å². The molecule has 122 valence electrons. The molecule has 0 atom stereocenters. The predicted molar refractivity (Wildman–Crippen MR) is 92.4 cm³/mol. The molecule has 1 fully saturated rings. The highest BCUT2D eigenvalue weighted by Crippen LogP contribution is 2.29. The van der Waals surface area contributed by atoms with Crippen LogP contribution in [-0.2, 0) is 16.8 Å². The molecule has 1 aliphatic carbocycles. The Balaban J connectivity index is 1.85. The lowest BCUT2D eigenvalue weighted by Crippen LogP contribution is -2.29. The maximum atomic E-state index is 12.3. The van der Waals surface area contributed by atoms with E-state index in [1.54, 1.807) is 0 Å². The van der Waals surface area contributed by atoms with Crippen LogP contribution in [0.4, 0.5) is 5.82 Å². The van der Waals surface area contributed by atoms with Gasteiger partial charge in [-0.2, -0.15) is 5.10 Å². The van der Waals surface area contributed by atoms with Crippen molar-refractivity contribution in [1.29, 1.82) is 0 Å². The number of aromatic nitrogens is 2. The molecule has 4 nitrogen and oxygen atoms in total. The summed E-state index contributed by atoms with van der Waals surface area (Å²) in [4.78, 5) is 12.3. The van der Waals surface area contributed by atoms with Crippen molar-refractivity contribution in [2.45, 2.75) is 52.0 Å². The lowest BCUT2D eigenvalue weighted by atomic mass is 9.85. The van der Waals surface area contributed by atoms with Crippen LogP contribution in [0.15, 0.2) is 36.4 Å². The normalized spacial score (nSPS) is 15.3. The minimum Gasteiger partial charge on any atom is -0.311 e. The molecule has 0 bridgehead atoms. The first-order valence-corrected chi connectivity index (χ1v) is 8.36. The van der Waals surface area contributed by atoms with E-state index in [4.69, 9.17) is 5.10 Å². The smallest absolute Gasteiger partial charge is 0.228 e. The number of amides is 1. The number of carbonyl (C=O) groups excluding carboxylic acids is 1. The van der Waals surface area contributed by atoms with E-state index in [1.165, 1.54) is 5.56 Å². The van der Waals surface area contributed by atoms with Crippen molar-refractivity contribution in [3.63, 3.8) is 0 Å². The average molecular weight is 311 g/mol. The van der Waals surface area contributed by atoms with E-state index in [-0.39, 0.29) is 17.2 Å². The van der Waals surface area contributed by atoms with Crippen molar-refractivity contribution in [2.75, 3.05) is 5.32 Å². The van der Waals surface area contributed by atoms with Gasteiger partial charge in [0.05, 0.1) is 12.2 Å². The highest BCUT2D eigenvalue weighted by atomic mass is 16.2. The summed E-state index contributed by atoms with van der Waals surface area (Å²) in [5, 5.41) is 7.82. The average Bonchev–Trinajstić information content (AvgIpc) is 2.81.